The number of aliphatic carboxylic acids is 1. The zero-order chi connectivity index (χ0) is 11.5. The number of pyridine rings is 1. The first-order valence-electron chi connectivity index (χ1n) is 4.84. The minimum absolute atomic E-state index is 0.0913. The van der Waals surface area contributed by atoms with Gasteiger partial charge in [-0.2, -0.15) is 0 Å². The van der Waals surface area contributed by atoms with Gasteiger partial charge >= 0.3 is 5.97 Å². The lowest BCUT2D eigenvalue weighted by atomic mass is 10.2. The first-order chi connectivity index (χ1) is 7.66. The molecule has 0 spiro atoms. The van der Waals surface area contributed by atoms with Crippen LogP contribution in [0.15, 0.2) is 24.5 Å². The first kappa shape index (κ1) is 10.4. The molecule has 0 fully saturated rings. The van der Waals surface area contributed by atoms with E-state index < -0.39 is 5.97 Å². The molecule has 0 aromatic carbocycles. The van der Waals surface area contributed by atoms with Crippen LogP contribution in [0.25, 0.3) is 11.3 Å². The van der Waals surface area contributed by atoms with Gasteiger partial charge in [0.15, 0.2) is 0 Å². The number of rotatable bonds is 3. The monoisotopic (exact) mass is 217 g/mol. The number of aryl methyl sites for hydroxylation is 1. The Morgan fingerprint density at radius 1 is 1.44 bits per heavy atom. The molecule has 5 nitrogen and oxygen atoms in total. The summed E-state index contributed by atoms with van der Waals surface area (Å²) in [5.74, 6) is -0.424. The Labute approximate surface area is 92.2 Å². The number of hydrogen-bond donors (Lipinski definition) is 2. The Bertz CT molecular complexity index is 505. The van der Waals surface area contributed by atoms with Gasteiger partial charge in [0.05, 0.1) is 5.69 Å². The molecule has 0 saturated heterocycles. The van der Waals surface area contributed by atoms with Crippen LogP contribution in [0.1, 0.15) is 11.5 Å². The van der Waals surface area contributed by atoms with Crippen LogP contribution in [-0.2, 0) is 11.2 Å². The Morgan fingerprint density at radius 3 is 2.75 bits per heavy atom. The molecule has 2 aromatic rings. The number of aromatic amines is 1. The number of H-pyrrole nitrogens is 1. The predicted molar refractivity (Wildman–Crippen MR) is 57.9 cm³/mol. The summed E-state index contributed by atoms with van der Waals surface area (Å²) < 4.78 is 0. The number of carboxylic acid groups (broad SMARTS) is 1. The van der Waals surface area contributed by atoms with Crippen molar-refractivity contribution < 1.29 is 9.90 Å². The van der Waals surface area contributed by atoms with Crippen LogP contribution in [0, 0.1) is 6.92 Å². The van der Waals surface area contributed by atoms with E-state index in [2.05, 4.69) is 15.0 Å². The molecule has 0 unspecified atom stereocenters. The van der Waals surface area contributed by atoms with Crippen LogP contribution in [0.2, 0.25) is 0 Å². The van der Waals surface area contributed by atoms with Crippen molar-refractivity contribution in [3.8, 4) is 11.3 Å². The second-order valence-electron chi connectivity index (χ2n) is 3.46. The molecule has 0 aliphatic carbocycles. The fraction of sp³-hybridized carbons (Fsp3) is 0.182. The van der Waals surface area contributed by atoms with E-state index in [1.54, 1.807) is 12.4 Å². The summed E-state index contributed by atoms with van der Waals surface area (Å²) >= 11 is 0. The van der Waals surface area contributed by atoms with Crippen molar-refractivity contribution in [2.45, 2.75) is 13.3 Å². The van der Waals surface area contributed by atoms with Gasteiger partial charge in [0.25, 0.3) is 0 Å². The molecular weight excluding hydrogens is 206 g/mol. The molecule has 0 atom stereocenters. The van der Waals surface area contributed by atoms with E-state index in [1.165, 1.54) is 0 Å². The number of carboxylic acids is 1. The lowest BCUT2D eigenvalue weighted by Gasteiger charge is -1.95. The van der Waals surface area contributed by atoms with Crippen molar-refractivity contribution in [2.75, 3.05) is 0 Å². The third kappa shape index (κ3) is 2.08. The Balaban J connectivity index is 2.36. The quantitative estimate of drug-likeness (QED) is 0.814. The fourth-order valence-corrected chi connectivity index (χ4v) is 1.54. The molecule has 0 aliphatic heterocycles. The highest BCUT2D eigenvalue weighted by atomic mass is 16.4. The molecule has 0 saturated carbocycles. The molecule has 0 aliphatic rings. The van der Waals surface area contributed by atoms with Crippen LogP contribution in [-0.4, -0.2) is 26.0 Å². The SMILES string of the molecule is Cc1[nH]c(CC(=O)O)nc1-c1ccncc1. The van der Waals surface area contributed by atoms with E-state index >= 15 is 0 Å². The van der Waals surface area contributed by atoms with Gasteiger partial charge in [-0.25, -0.2) is 4.98 Å². The summed E-state index contributed by atoms with van der Waals surface area (Å²) in [6.07, 6.45) is 3.27. The number of nitrogens with one attached hydrogen (secondary N) is 1. The second-order valence-corrected chi connectivity index (χ2v) is 3.46. The molecule has 0 amide bonds. The minimum atomic E-state index is -0.893. The summed E-state index contributed by atoms with van der Waals surface area (Å²) in [7, 11) is 0. The van der Waals surface area contributed by atoms with Gasteiger partial charge in [-0.05, 0) is 19.1 Å². The van der Waals surface area contributed by atoms with Crippen molar-refractivity contribution in [1.29, 1.82) is 0 Å². The molecule has 2 N–H and O–H groups in total. The maximum Gasteiger partial charge on any atom is 0.311 e. The highest BCUT2D eigenvalue weighted by molar-refractivity contribution is 5.70. The topological polar surface area (TPSA) is 78.9 Å². The van der Waals surface area contributed by atoms with E-state index in [4.69, 9.17) is 5.11 Å². The van der Waals surface area contributed by atoms with Crippen molar-refractivity contribution >= 4 is 5.97 Å². The van der Waals surface area contributed by atoms with Gasteiger partial charge in [0.2, 0.25) is 0 Å². The van der Waals surface area contributed by atoms with Crippen LogP contribution in [0.3, 0.4) is 0 Å². The van der Waals surface area contributed by atoms with Crippen molar-refractivity contribution in [3.63, 3.8) is 0 Å². The van der Waals surface area contributed by atoms with Crippen molar-refractivity contribution in [2.24, 2.45) is 0 Å². The van der Waals surface area contributed by atoms with E-state index in [0.717, 1.165) is 17.0 Å². The lowest BCUT2D eigenvalue weighted by Crippen LogP contribution is -2.01. The number of carbonyl (C=O) groups is 1. The Kier molecular flexibility index (Phi) is 2.68. The molecule has 2 heterocycles. The third-order valence-corrected chi connectivity index (χ3v) is 2.21. The Morgan fingerprint density at radius 2 is 2.12 bits per heavy atom. The maximum atomic E-state index is 10.6. The van der Waals surface area contributed by atoms with Gasteiger partial charge in [-0.15, -0.1) is 0 Å². The average Bonchev–Trinajstić information content (AvgIpc) is 2.60. The average molecular weight is 217 g/mol. The summed E-state index contributed by atoms with van der Waals surface area (Å²) in [5.41, 5.74) is 2.57. The lowest BCUT2D eigenvalue weighted by molar-refractivity contribution is -0.136. The summed E-state index contributed by atoms with van der Waals surface area (Å²) in [4.78, 5) is 21.7. The molecular formula is C11H11N3O2. The van der Waals surface area contributed by atoms with E-state index in [9.17, 15) is 4.79 Å². The highest BCUT2D eigenvalue weighted by Gasteiger charge is 2.10. The van der Waals surface area contributed by atoms with Crippen LogP contribution in [0.4, 0.5) is 0 Å². The van der Waals surface area contributed by atoms with Crippen LogP contribution >= 0.6 is 0 Å². The Hall–Kier alpha value is -2.17. The summed E-state index contributed by atoms with van der Waals surface area (Å²) in [6.45, 7) is 1.87. The zero-order valence-corrected chi connectivity index (χ0v) is 8.77. The van der Waals surface area contributed by atoms with E-state index in [0.29, 0.717) is 5.82 Å². The molecule has 5 heteroatoms. The minimum Gasteiger partial charge on any atom is -0.481 e. The predicted octanol–water partition coefficient (Wildman–Crippen LogP) is 1.41. The smallest absolute Gasteiger partial charge is 0.311 e. The van der Waals surface area contributed by atoms with Gasteiger partial charge in [0, 0.05) is 23.7 Å². The molecule has 2 aromatic heterocycles. The molecule has 16 heavy (non-hydrogen) atoms. The fourth-order valence-electron chi connectivity index (χ4n) is 1.54. The van der Waals surface area contributed by atoms with Gasteiger partial charge in [-0.1, -0.05) is 0 Å². The number of hydrogen-bond acceptors (Lipinski definition) is 3. The zero-order valence-electron chi connectivity index (χ0n) is 8.77. The van der Waals surface area contributed by atoms with Gasteiger partial charge in [-0.3, -0.25) is 9.78 Å². The largest absolute Gasteiger partial charge is 0.481 e. The maximum absolute atomic E-state index is 10.6. The van der Waals surface area contributed by atoms with E-state index in [-0.39, 0.29) is 6.42 Å². The van der Waals surface area contributed by atoms with Crippen LogP contribution in [0.5, 0.6) is 0 Å². The van der Waals surface area contributed by atoms with Gasteiger partial charge < -0.3 is 10.1 Å². The van der Waals surface area contributed by atoms with E-state index in [1.807, 2.05) is 19.1 Å². The van der Waals surface area contributed by atoms with Crippen molar-refractivity contribution in [1.82, 2.24) is 15.0 Å². The molecule has 2 rings (SSSR count). The number of nitrogens with zero attached hydrogens (tertiary/aromatic N) is 2. The molecule has 0 bridgehead atoms. The molecule has 0 radical (unpaired) electrons. The number of imidazole rings is 1. The highest BCUT2D eigenvalue weighted by Crippen LogP contribution is 2.20. The molecule has 82 valence electrons. The van der Waals surface area contributed by atoms with Gasteiger partial charge in [0.1, 0.15) is 12.2 Å². The van der Waals surface area contributed by atoms with Crippen LogP contribution < -0.4 is 0 Å². The first-order valence-corrected chi connectivity index (χ1v) is 4.84. The summed E-state index contributed by atoms with van der Waals surface area (Å²) in [6, 6.07) is 3.68. The summed E-state index contributed by atoms with van der Waals surface area (Å²) in [5, 5.41) is 8.67. The van der Waals surface area contributed by atoms with Crippen molar-refractivity contribution in [3.05, 3.63) is 36.0 Å². The standard InChI is InChI=1S/C11H11N3O2/c1-7-11(8-2-4-12-5-3-8)14-9(13-7)6-10(15)16/h2-5H,6H2,1H3,(H,13,14)(H,15,16). The number of aromatic nitrogens is 3. The second kappa shape index (κ2) is 4.14. The normalized spacial score (nSPS) is 10.3. The third-order valence-electron chi connectivity index (χ3n) is 2.21.